The lowest BCUT2D eigenvalue weighted by Gasteiger charge is -2.12. The highest BCUT2D eigenvalue weighted by Crippen LogP contribution is 2.30. The standard InChI is InChI=1S/C10H9NO2S/c1-7-9(12)11(10(13)14-7)8-5-3-2-4-6-8/h2-7H,1H3. The van der Waals surface area contributed by atoms with Crippen molar-refractivity contribution in [2.75, 3.05) is 4.90 Å². The van der Waals surface area contributed by atoms with Gasteiger partial charge in [-0.15, -0.1) is 0 Å². The van der Waals surface area contributed by atoms with Crippen LogP contribution in [0.2, 0.25) is 0 Å². The fourth-order valence-corrected chi connectivity index (χ4v) is 2.15. The van der Waals surface area contributed by atoms with Gasteiger partial charge >= 0.3 is 0 Å². The predicted octanol–water partition coefficient (Wildman–Crippen LogP) is 2.27. The van der Waals surface area contributed by atoms with Crippen molar-refractivity contribution in [3.05, 3.63) is 30.3 Å². The summed E-state index contributed by atoms with van der Waals surface area (Å²) in [5.41, 5.74) is 0.652. The Bertz CT molecular complexity index is 377. The number of anilines is 1. The Morgan fingerprint density at radius 2 is 1.86 bits per heavy atom. The lowest BCUT2D eigenvalue weighted by atomic mass is 10.3. The van der Waals surface area contributed by atoms with Crippen molar-refractivity contribution in [2.24, 2.45) is 0 Å². The highest BCUT2D eigenvalue weighted by Gasteiger charge is 2.37. The minimum atomic E-state index is -0.261. The van der Waals surface area contributed by atoms with Crippen LogP contribution in [0.5, 0.6) is 0 Å². The van der Waals surface area contributed by atoms with E-state index in [2.05, 4.69) is 0 Å². The van der Waals surface area contributed by atoms with E-state index in [0.717, 1.165) is 11.8 Å². The molecule has 1 fully saturated rings. The first-order valence-electron chi connectivity index (χ1n) is 4.30. The number of amides is 2. The molecule has 1 aliphatic heterocycles. The molecule has 1 aliphatic rings. The van der Waals surface area contributed by atoms with Crippen LogP contribution in [-0.2, 0) is 4.79 Å². The van der Waals surface area contributed by atoms with Gasteiger partial charge in [0.25, 0.3) is 5.24 Å². The zero-order valence-corrected chi connectivity index (χ0v) is 8.45. The van der Waals surface area contributed by atoms with E-state index in [1.807, 2.05) is 18.2 Å². The zero-order chi connectivity index (χ0) is 10.1. The molecule has 2 amide bonds. The number of nitrogens with zero attached hydrogens (tertiary/aromatic N) is 1. The summed E-state index contributed by atoms with van der Waals surface area (Å²) in [6.45, 7) is 1.74. The summed E-state index contributed by atoms with van der Waals surface area (Å²) in [6.07, 6.45) is 0. The normalized spacial score (nSPS) is 21.8. The number of benzene rings is 1. The van der Waals surface area contributed by atoms with Crippen molar-refractivity contribution in [3.63, 3.8) is 0 Å². The maximum Gasteiger partial charge on any atom is 0.293 e. The largest absolute Gasteiger partial charge is 0.293 e. The Labute approximate surface area is 86.1 Å². The molecule has 0 aliphatic carbocycles. The van der Waals surface area contributed by atoms with Gasteiger partial charge in [-0.1, -0.05) is 30.0 Å². The van der Waals surface area contributed by atoms with Crippen LogP contribution in [0.25, 0.3) is 0 Å². The van der Waals surface area contributed by atoms with Crippen LogP contribution in [0.3, 0.4) is 0 Å². The molecule has 4 heteroatoms. The lowest BCUT2D eigenvalue weighted by Crippen LogP contribution is -2.30. The topological polar surface area (TPSA) is 37.4 Å². The number of hydrogen-bond acceptors (Lipinski definition) is 3. The van der Waals surface area contributed by atoms with Crippen molar-refractivity contribution < 1.29 is 9.59 Å². The third-order valence-corrected chi connectivity index (χ3v) is 2.98. The SMILES string of the molecule is CC1SC(=O)N(c2ccccc2)C1=O. The second kappa shape index (κ2) is 3.46. The van der Waals surface area contributed by atoms with E-state index >= 15 is 0 Å². The molecule has 72 valence electrons. The van der Waals surface area contributed by atoms with Crippen LogP contribution in [0.15, 0.2) is 30.3 Å². The monoisotopic (exact) mass is 207 g/mol. The maximum absolute atomic E-state index is 11.6. The van der Waals surface area contributed by atoms with E-state index < -0.39 is 0 Å². The Hall–Kier alpha value is -1.29. The number of imide groups is 1. The molecule has 0 N–H and O–H groups in total. The van der Waals surface area contributed by atoms with E-state index in [1.165, 1.54) is 4.90 Å². The van der Waals surface area contributed by atoms with Gasteiger partial charge in [0.2, 0.25) is 5.91 Å². The Morgan fingerprint density at radius 3 is 2.36 bits per heavy atom. The van der Waals surface area contributed by atoms with Crippen LogP contribution >= 0.6 is 11.8 Å². The third-order valence-electron chi connectivity index (χ3n) is 2.04. The molecule has 1 saturated heterocycles. The molecule has 3 nitrogen and oxygen atoms in total. The molecule has 14 heavy (non-hydrogen) atoms. The van der Waals surface area contributed by atoms with Gasteiger partial charge in [0, 0.05) is 0 Å². The first-order chi connectivity index (χ1) is 6.70. The van der Waals surface area contributed by atoms with Gasteiger partial charge in [-0.05, 0) is 19.1 Å². The summed E-state index contributed by atoms with van der Waals surface area (Å²) < 4.78 is 0. The average molecular weight is 207 g/mol. The number of carbonyl (C=O) groups is 2. The van der Waals surface area contributed by atoms with Crippen molar-refractivity contribution in [2.45, 2.75) is 12.2 Å². The van der Waals surface area contributed by atoms with Gasteiger partial charge in [-0.2, -0.15) is 0 Å². The summed E-state index contributed by atoms with van der Waals surface area (Å²) >= 11 is 1.07. The Morgan fingerprint density at radius 1 is 1.21 bits per heavy atom. The number of thioether (sulfide) groups is 1. The fourth-order valence-electron chi connectivity index (χ4n) is 1.34. The van der Waals surface area contributed by atoms with Gasteiger partial charge in [0.1, 0.15) is 0 Å². The summed E-state index contributed by atoms with van der Waals surface area (Å²) in [6, 6.07) is 8.99. The number of para-hydroxylation sites is 1. The molecule has 2 rings (SSSR count). The van der Waals surface area contributed by atoms with Crippen LogP contribution in [0.4, 0.5) is 10.5 Å². The quantitative estimate of drug-likeness (QED) is 0.709. The van der Waals surface area contributed by atoms with Crippen molar-refractivity contribution in [1.29, 1.82) is 0 Å². The van der Waals surface area contributed by atoms with E-state index in [0.29, 0.717) is 5.69 Å². The van der Waals surface area contributed by atoms with Crippen molar-refractivity contribution in [3.8, 4) is 0 Å². The summed E-state index contributed by atoms with van der Waals surface area (Å²) in [5.74, 6) is -0.133. The first-order valence-corrected chi connectivity index (χ1v) is 5.18. The second-order valence-corrected chi connectivity index (χ2v) is 4.33. The fraction of sp³-hybridized carbons (Fsp3) is 0.200. The number of carbonyl (C=O) groups excluding carboxylic acids is 2. The van der Waals surface area contributed by atoms with Gasteiger partial charge in [0.15, 0.2) is 0 Å². The molecular formula is C10H9NO2S. The molecule has 0 saturated carbocycles. The number of rotatable bonds is 1. The molecule has 1 aromatic rings. The van der Waals surface area contributed by atoms with Crippen LogP contribution < -0.4 is 4.90 Å². The number of hydrogen-bond donors (Lipinski definition) is 0. The maximum atomic E-state index is 11.6. The van der Waals surface area contributed by atoms with E-state index in [1.54, 1.807) is 19.1 Å². The highest BCUT2D eigenvalue weighted by atomic mass is 32.2. The van der Waals surface area contributed by atoms with Crippen LogP contribution in [-0.4, -0.2) is 16.4 Å². The van der Waals surface area contributed by atoms with Crippen molar-refractivity contribution >= 4 is 28.6 Å². The summed E-state index contributed by atoms with van der Waals surface area (Å²) in [4.78, 5) is 24.3. The van der Waals surface area contributed by atoms with Gasteiger partial charge in [-0.3, -0.25) is 9.59 Å². The smallest absolute Gasteiger partial charge is 0.273 e. The van der Waals surface area contributed by atoms with Crippen molar-refractivity contribution in [1.82, 2.24) is 0 Å². The predicted molar refractivity (Wildman–Crippen MR) is 56.4 cm³/mol. The van der Waals surface area contributed by atoms with Gasteiger partial charge in [-0.25, -0.2) is 4.90 Å². The second-order valence-electron chi connectivity index (χ2n) is 3.04. The zero-order valence-electron chi connectivity index (χ0n) is 7.64. The molecule has 0 radical (unpaired) electrons. The summed E-state index contributed by atoms with van der Waals surface area (Å²) in [7, 11) is 0. The summed E-state index contributed by atoms with van der Waals surface area (Å²) in [5, 5.41) is -0.448. The van der Waals surface area contributed by atoms with Gasteiger partial charge < -0.3 is 0 Å². The van der Waals surface area contributed by atoms with Crippen LogP contribution in [0.1, 0.15) is 6.92 Å². The third kappa shape index (κ3) is 1.42. The van der Waals surface area contributed by atoms with E-state index in [9.17, 15) is 9.59 Å². The molecule has 1 atom stereocenters. The molecule has 0 spiro atoms. The first kappa shape index (κ1) is 9.27. The minimum Gasteiger partial charge on any atom is -0.273 e. The molecule has 0 aromatic heterocycles. The highest BCUT2D eigenvalue weighted by molar-refractivity contribution is 8.15. The van der Waals surface area contributed by atoms with E-state index in [-0.39, 0.29) is 16.4 Å². The molecule has 0 bridgehead atoms. The molecule has 1 aromatic carbocycles. The molecule has 1 unspecified atom stereocenters. The molecular weight excluding hydrogens is 198 g/mol. The Kier molecular flexibility index (Phi) is 2.29. The molecule has 1 heterocycles. The van der Waals surface area contributed by atoms with Gasteiger partial charge in [0.05, 0.1) is 10.9 Å². The average Bonchev–Trinajstić information content (AvgIpc) is 2.43. The van der Waals surface area contributed by atoms with E-state index in [4.69, 9.17) is 0 Å². The minimum absolute atomic E-state index is 0.133. The van der Waals surface area contributed by atoms with Crippen LogP contribution in [0, 0.1) is 0 Å². The lowest BCUT2D eigenvalue weighted by molar-refractivity contribution is -0.116. The Balaban J connectivity index is 2.36.